The van der Waals surface area contributed by atoms with Crippen molar-refractivity contribution in [2.24, 2.45) is 0 Å². The van der Waals surface area contributed by atoms with Gasteiger partial charge in [0, 0.05) is 25.4 Å². The van der Waals surface area contributed by atoms with Crippen molar-refractivity contribution < 1.29 is 14.3 Å². The summed E-state index contributed by atoms with van der Waals surface area (Å²) in [6.45, 7) is 0.580. The molecule has 0 unspecified atom stereocenters. The van der Waals surface area contributed by atoms with E-state index >= 15 is 0 Å². The summed E-state index contributed by atoms with van der Waals surface area (Å²) < 4.78 is 7.28. The Labute approximate surface area is 150 Å². The SMILES string of the molecule is COC1(CCNC(=O)c2ccc3c(c2)NC(=O)c2cccn2S3)CC1. The average Bonchev–Trinajstić information content (AvgIpc) is 3.27. The summed E-state index contributed by atoms with van der Waals surface area (Å²) in [4.78, 5) is 25.6. The van der Waals surface area contributed by atoms with Crippen LogP contribution in [0.2, 0.25) is 0 Å². The molecule has 1 fully saturated rings. The second-order valence-electron chi connectivity index (χ2n) is 6.37. The number of fused-ring (bicyclic) bond motifs is 2. The summed E-state index contributed by atoms with van der Waals surface area (Å²) in [5, 5.41) is 5.81. The number of hydrogen-bond acceptors (Lipinski definition) is 4. The van der Waals surface area contributed by atoms with E-state index in [1.54, 1.807) is 25.3 Å². The van der Waals surface area contributed by atoms with E-state index < -0.39 is 0 Å². The minimum atomic E-state index is -0.176. The monoisotopic (exact) mass is 357 g/mol. The summed E-state index contributed by atoms with van der Waals surface area (Å²) in [7, 11) is 1.72. The molecule has 4 rings (SSSR count). The molecule has 2 N–H and O–H groups in total. The zero-order chi connectivity index (χ0) is 17.4. The van der Waals surface area contributed by atoms with E-state index in [4.69, 9.17) is 4.74 Å². The molecule has 2 amide bonds. The Morgan fingerprint density at radius 3 is 3.00 bits per heavy atom. The van der Waals surface area contributed by atoms with Crippen LogP contribution in [-0.4, -0.2) is 35.0 Å². The van der Waals surface area contributed by atoms with E-state index in [0.717, 1.165) is 24.2 Å². The molecule has 25 heavy (non-hydrogen) atoms. The van der Waals surface area contributed by atoms with Gasteiger partial charge in [0.1, 0.15) is 5.69 Å². The molecule has 0 radical (unpaired) electrons. The number of carbonyl (C=O) groups is 2. The standard InChI is InChI=1S/C18H19N3O3S/c1-24-18(6-7-18)8-9-19-16(22)12-4-5-15-13(11-12)20-17(23)14-3-2-10-21(14)25-15/h2-5,10-11H,6-9H2,1H3,(H,19,22)(H,20,23). The zero-order valence-corrected chi connectivity index (χ0v) is 14.7. The van der Waals surface area contributed by atoms with E-state index in [2.05, 4.69) is 10.6 Å². The van der Waals surface area contributed by atoms with Crippen LogP contribution < -0.4 is 10.6 Å². The molecule has 0 spiro atoms. The van der Waals surface area contributed by atoms with Gasteiger partial charge in [-0.25, -0.2) is 0 Å². The number of anilines is 1. The molecule has 0 bridgehead atoms. The number of benzene rings is 1. The first-order valence-electron chi connectivity index (χ1n) is 8.25. The van der Waals surface area contributed by atoms with Gasteiger partial charge >= 0.3 is 0 Å². The highest BCUT2D eigenvalue weighted by molar-refractivity contribution is 7.98. The van der Waals surface area contributed by atoms with E-state index in [0.29, 0.717) is 23.5 Å². The maximum Gasteiger partial charge on any atom is 0.273 e. The maximum absolute atomic E-state index is 12.4. The summed E-state index contributed by atoms with van der Waals surface area (Å²) >= 11 is 1.45. The maximum atomic E-state index is 12.4. The molecule has 7 heteroatoms. The first-order chi connectivity index (χ1) is 12.1. The number of amides is 2. The minimum Gasteiger partial charge on any atom is -0.378 e. The molecule has 0 atom stereocenters. The normalized spacial score (nSPS) is 17.1. The molecule has 1 aliphatic heterocycles. The number of ether oxygens (including phenoxy) is 1. The van der Waals surface area contributed by atoms with Crippen molar-refractivity contribution in [3.8, 4) is 0 Å². The fraction of sp³-hybridized carbons (Fsp3) is 0.333. The topological polar surface area (TPSA) is 72.4 Å². The van der Waals surface area contributed by atoms with Crippen LogP contribution in [0, 0.1) is 0 Å². The smallest absolute Gasteiger partial charge is 0.273 e. The van der Waals surface area contributed by atoms with Gasteiger partial charge in [-0.3, -0.25) is 13.6 Å². The number of nitrogens with zero attached hydrogens (tertiary/aromatic N) is 1. The molecular weight excluding hydrogens is 338 g/mol. The van der Waals surface area contributed by atoms with Gasteiger partial charge in [0.05, 0.1) is 16.2 Å². The lowest BCUT2D eigenvalue weighted by molar-refractivity contribution is 0.0710. The van der Waals surface area contributed by atoms with E-state index in [1.807, 2.05) is 22.3 Å². The third-order valence-electron chi connectivity index (χ3n) is 4.74. The van der Waals surface area contributed by atoms with Gasteiger partial charge in [-0.05, 0) is 61.5 Å². The molecule has 130 valence electrons. The summed E-state index contributed by atoms with van der Waals surface area (Å²) in [6, 6.07) is 8.98. The van der Waals surface area contributed by atoms with Crippen molar-refractivity contribution in [2.45, 2.75) is 29.8 Å². The van der Waals surface area contributed by atoms with Gasteiger partial charge in [-0.15, -0.1) is 0 Å². The van der Waals surface area contributed by atoms with Crippen LogP contribution >= 0.6 is 11.9 Å². The number of methoxy groups -OCH3 is 1. The highest BCUT2D eigenvalue weighted by Gasteiger charge is 2.42. The Morgan fingerprint density at radius 1 is 1.40 bits per heavy atom. The summed E-state index contributed by atoms with van der Waals surface area (Å²) in [5.74, 6) is -0.317. The van der Waals surface area contributed by atoms with Crippen molar-refractivity contribution in [1.29, 1.82) is 0 Å². The fourth-order valence-corrected chi connectivity index (χ4v) is 3.89. The van der Waals surface area contributed by atoms with Crippen molar-refractivity contribution >= 4 is 29.4 Å². The molecule has 1 saturated carbocycles. The van der Waals surface area contributed by atoms with Gasteiger partial charge in [-0.1, -0.05) is 0 Å². The molecule has 1 aromatic carbocycles. The average molecular weight is 357 g/mol. The highest BCUT2D eigenvalue weighted by Crippen LogP contribution is 2.41. The lowest BCUT2D eigenvalue weighted by Gasteiger charge is -2.14. The Balaban J connectivity index is 1.46. The van der Waals surface area contributed by atoms with Gasteiger partial charge in [0.15, 0.2) is 0 Å². The molecule has 2 heterocycles. The van der Waals surface area contributed by atoms with Crippen LogP contribution in [0.4, 0.5) is 5.69 Å². The van der Waals surface area contributed by atoms with Crippen LogP contribution in [0.15, 0.2) is 41.4 Å². The fourth-order valence-electron chi connectivity index (χ4n) is 2.96. The number of carbonyl (C=O) groups excluding carboxylic acids is 2. The molecule has 2 aliphatic rings. The molecular formula is C18H19N3O3S. The summed E-state index contributed by atoms with van der Waals surface area (Å²) in [5.41, 5.74) is 1.75. The third kappa shape index (κ3) is 3.17. The number of nitrogens with one attached hydrogen (secondary N) is 2. The van der Waals surface area contributed by atoms with Crippen LogP contribution in [0.5, 0.6) is 0 Å². The predicted molar refractivity (Wildman–Crippen MR) is 96.0 cm³/mol. The largest absolute Gasteiger partial charge is 0.378 e. The second kappa shape index (κ2) is 6.24. The quantitative estimate of drug-likeness (QED) is 0.863. The van der Waals surface area contributed by atoms with Crippen LogP contribution in [0.25, 0.3) is 0 Å². The highest BCUT2D eigenvalue weighted by atomic mass is 32.2. The van der Waals surface area contributed by atoms with Crippen molar-refractivity contribution in [3.63, 3.8) is 0 Å². The summed E-state index contributed by atoms with van der Waals surface area (Å²) in [6.07, 6.45) is 4.78. The molecule has 6 nitrogen and oxygen atoms in total. The van der Waals surface area contributed by atoms with Gasteiger partial charge < -0.3 is 15.4 Å². The van der Waals surface area contributed by atoms with Crippen LogP contribution in [0.1, 0.15) is 40.1 Å². The first kappa shape index (κ1) is 16.2. The molecule has 2 aromatic rings. The van der Waals surface area contributed by atoms with Crippen molar-refractivity contribution in [2.75, 3.05) is 19.0 Å². The number of aromatic nitrogens is 1. The Hall–Kier alpha value is -2.25. The second-order valence-corrected chi connectivity index (χ2v) is 7.38. The van der Waals surface area contributed by atoms with Gasteiger partial charge in [-0.2, -0.15) is 0 Å². The zero-order valence-electron chi connectivity index (χ0n) is 13.9. The van der Waals surface area contributed by atoms with Crippen LogP contribution in [-0.2, 0) is 4.74 Å². The predicted octanol–water partition coefficient (Wildman–Crippen LogP) is 2.91. The number of rotatable bonds is 5. The van der Waals surface area contributed by atoms with Crippen molar-refractivity contribution in [3.05, 3.63) is 47.8 Å². The molecule has 0 saturated heterocycles. The Kier molecular flexibility index (Phi) is 4.05. The Morgan fingerprint density at radius 2 is 2.24 bits per heavy atom. The lowest BCUT2D eigenvalue weighted by atomic mass is 10.1. The van der Waals surface area contributed by atoms with E-state index in [-0.39, 0.29) is 17.4 Å². The van der Waals surface area contributed by atoms with E-state index in [9.17, 15) is 9.59 Å². The number of hydrogen-bond donors (Lipinski definition) is 2. The molecule has 1 aromatic heterocycles. The van der Waals surface area contributed by atoms with Gasteiger partial charge in [0.25, 0.3) is 11.8 Å². The Bertz CT molecular complexity index is 842. The van der Waals surface area contributed by atoms with Gasteiger partial charge in [0.2, 0.25) is 0 Å². The third-order valence-corrected chi connectivity index (χ3v) is 5.81. The minimum absolute atomic E-state index is 0.0286. The lowest BCUT2D eigenvalue weighted by Crippen LogP contribution is -2.28. The van der Waals surface area contributed by atoms with Crippen LogP contribution in [0.3, 0.4) is 0 Å². The van der Waals surface area contributed by atoms with E-state index in [1.165, 1.54) is 11.9 Å². The first-order valence-corrected chi connectivity index (χ1v) is 9.02. The van der Waals surface area contributed by atoms with Crippen molar-refractivity contribution in [1.82, 2.24) is 9.29 Å². The molecule has 1 aliphatic carbocycles.